The van der Waals surface area contributed by atoms with Crippen LogP contribution in [0, 0.1) is 6.92 Å². The van der Waals surface area contributed by atoms with Crippen molar-refractivity contribution >= 4 is 33.8 Å². The number of ether oxygens (including phenoxy) is 1. The molecule has 0 fully saturated rings. The van der Waals surface area contributed by atoms with Crippen LogP contribution in [0.4, 0.5) is 14.5 Å². The molecule has 1 aliphatic rings. The molecular formula is C28H21ClF2N2O. The zero-order valence-electron chi connectivity index (χ0n) is 18.4. The minimum Gasteiger partial charge on any atom is -0.455 e. The van der Waals surface area contributed by atoms with Gasteiger partial charge >= 0.3 is 5.92 Å². The van der Waals surface area contributed by atoms with E-state index in [0.717, 1.165) is 22.0 Å². The second kappa shape index (κ2) is 8.92. The molecule has 0 radical (unpaired) electrons. The lowest BCUT2D eigenvalue weighted by Crippen LogP contribution is -2.30. The summed E-state index contributed by atoms with van der Waals surface area (Å²) in [5, 5.41) is 2.18. The van der Waals surface area contributed by atoms with Crippen LogP contribution >= 0.6 is 11.6 Å². The van der Waals surface area contributed by atoms with Crippen LogP contribution in [0.25, 0.3) is 10.8 Å². The first-order valence-corrected chi connectivity index (χ1v) is 11.2. The summed E-state index contributed by atoms with van der Waals surface area (Å²) in [6.45, 7) is 2.01. The van der Waals surface area contributed by atoms with E-state index in [0.29, 0.717) is 16.5 Å². The number of fused-ring (bicyclic) bond motifs is 1. The molecule has 3 nitrogen and oxygen atoms in total. The Morgan fingerprint density at radius 2 is 1.56 bits per heavy atom. The van der Waals surface area contributed by atoms with Gasteiger partial charge in [-0.2, -0.15) is 8.78 Å². The Morgan fingerprint density at radius 3 is 2.26 bits per heavy atom. The van der Waals surface area contributed by atoms with Crippen LogP contribution in [0.3, 0.4) is 0 Å². The van der Waals surface area contributed by atoms with Crippen LogP contribution in [0.5, 0.6) is 11.5 Å². The quantitative estimate of drug-likeness (QED) is 0.292. The number of alkyl halides is 2. The number of benzene rings is 4. The van der Waals surface area contributed by atoms with E-state index >= 15 is 0 Å². The van der Waals surface area contributed by atoms with Crippen LogP contribution < -0.4 is 9.64 Å². The van der Waals surface area contributed by atoms with Crippen molar-refractivity contribution in [3.63, 3.8) is 0 Å². The maximum absolute atomic E-state index is 15.0. The van der Waals surface area contributed by atoms with E-state index in [-0.39, 0.29) is 17.9 Å². The van der Waals surface area contributed by atoms with E-state index < -0.39 is 5.92 Å². The lowest BCUT2D eigenvalue weighted by Gasteiger charge is -2.27. The SMILES string of the molecule is Cc1ccccc1Oc1cc(N2C=CC(C(F)(F)c3ccccc3)=NC2)c2ccccc2c1Cl. The number of rotatable bonds is 5. The fourth-order valence-electron chi connectivity index (χ4n) is 3.97. The molecule has 0 unspecified atom stereocenters. The summed E-state index contributed by atoms with van der Waals surface area (Å²) in [5.74, 6) is -1.99. The number of halogens is 3. The zero-order valence-corrected chi connectivity index (χ0v) is 19.1. The molecule has 1 aliphatic heterocycles. The van der Waals surface area contributed by atoms with Crippen molar-refractivity contribution in [2.24, 2.45) is 4.99 Å². The zero-order chi connectivity index (χ0) is 23.7. The Bertz CT molecular complexity index is 1420. The van der Waals surface area contributed by atoms with Gasteiger partial charge in [-0.15, -0.1) is 0 Å². The molecule has 0 aromatic heterocycles. The van der Waals surface area contributed by atoms with Gasteiger partial charge in [-0.3, -0.25) is 4.99 Å². The lowest BCUT2D eigenvalue weighted by atomic mass is 10.0. The smallest absolute Gasteiger partial charge is 0.314 e. The Morgan fingerprint density at radius 1 is 0.882 bits per heavy atom. The third kappa shape index (κ3) is 4.03. The fraction of sp³-hybridized carbons (Fsp3) is 0.107. The van der Waals surface area contributed by atoms with Gasteiger partial charge in [-0.1, -0.05) is 84.4 Å². The van der Waals surface area contributed by atoms with Crippen molar-refractivity contribution in [3.8, 4) is 11.5 Å². The fourth-order valence-corrected chi connectivity index (χ4v) is 4.22. The number of para-hydroxylation sites is 1. The molecule has 0 bridgehead atoms. The van der Waals surface area contributed by atoms with E-state index in [2.05, 4.69) is 4.99 Å². The highest BCUT2D eigenvalue weighted by Gasteiger charge is 2.37. The van der Waals surface area contributed by atoms with Gasteiger partial charge < -0.3 is 9.64 Å². The predicted molar refractivity (Wildman–Crippen MR) is 134 cm³/mol. The normalized spacial score (nSPS) is 13.8. The number of hydrogen-bond donors (Lipinski definition) is 0. The van der Waals surface area contributed by atoms with Crippen LogP contribution in [0.15, 0.2) is 102 Å². The monoisotopic (exact) mass is 474 g/mol. The summed E-state index contributed by atoms with van der Waals surface area (Å²) < 4.78 is 36.1. The average molecular weight is 475 g/mol. The largest absolute Gasteiger partial charge is 0.455 e. The van der Waals surface area contributed by atoms with Crippen LogP contribution in [-0.4, -0.2) is 12.4 Å². The molecule has 1 heterocycles. The summed E-state index contributed by atoms with van der Waals surface area (Å²) in [7, 11) is 0. The van der Waals surface area contributed by atoms with E-state index in [1.165, 1.54) is 18.2 Å². The van der Waals surface area contributed by atoms with Crippen molar-refractivity contribution < 1.29 is 13.5 Å². The van der Waals surface area contributed by atoms with Crippen molar-refractivity contribution in [1.29, 1.82) is 0 Å². The molecule has 0 N–H and O–H groups in total. The van der Waals surface area contributed by atoms with Gasteiger partial charge in [0, 0.05) is 28.6 Å². The van der Waals surface area contributed by atoms with Gasteiger partial charge in [-0.05, 0) is 24.6 Å². The van der Waals surface area contributed by atoms with Crippen molar-refractivity contribution in [3.05, 3.63) is 113 Å². The number of anilines is 1. The van der Waals surface area contributed by atoms with Gasteiger partial charge in [0.1, 0.15) is 23.9 Å². The van der Waals surface area contributed by atoms with Gasteiger partial charge in [0.05, 0.1) is 10.7 Å². The first-order chi connectivity index (χ1) is 16.4. The van der Waals surface area contributed by atoms with Gasteiger partial charge in [0.15, 0.2) is 0 Å². The highest BCUT2D eigenvalue weighted by molar-refractivity contribution is 6.37. The molecule has 0 atom stereocenters. The molecule has 34 heavy (non-hydrogen) atoms. The standard InChI is InChI=1S/C28H21ClF2N2O/c1-19-9-5-8-14-24(19)34-25-17-23(21-12-6-7-13-22(21)27(25)29)33-16-15-26(32-18-33)28(30,31)20-10-3-2-4-11-20/h2-17H,18H2,1H3. The number of aryl methyl sites for hydroxylation is 1. The lowest BCUT2D eigenvalue weighted by molar-refractivity contribution is 0.0766. The van der Waals surface area contributed by atoms with Crippen LogP contribution in [-0.2, 0) is 5.92 Å². The van der Waals surface area contributed by atoms with E-state index in [1.54, 1.807) is 24.4 Å². The maximum atomic E-state index is 15.0. The summed E-state index contributed by atoms with van der Waals surface area (Å²) in [6, 6.07) is 24.9. The first kappa shape index (κ1) is 22.1. The second-order valence-corrected chi connectivity index (χ2v) is 8.41. The highest BCUT2D eigenvalue weighted by atomic mass is 35.5. The van der Waals surface area contributed by atoms with E-state index in [4.69, 9.17) is 16.3 Å². The Labute approximate surface area is 201 Å². The topological polar surface area (TPSA) is 24.8 Å². The summed E-state index contributed by atoms with van der Waals surface area (Å²) in [6.07, 6.45) is 2.99. The van der Waals surface area contributed by atoms with Gasteiger partial charge in [-0.25, -0.2) is 0 Å². The highest BCUT2D eigenvalue weighted by Crippen LogP contribution is 2.42. The molecule has 0 amide bonds. The Hall–Kier alpha value is -3.70. The molecule has 5 rings (SSSR count). The molecule has 0 saturated carbocycles. The van der Waals surface area contributed by atoms with Gasteiger partial charge in [0.25, 0.3) is 0 Å². The summed E-state index contributed by atoms with van der Waals surface area (Å²) >= 11 is 6.72. The number of allylic oxidation sites excluding steroid dienone is 1. The first-order valence-electron chi connectivity index (χ1n) is 10.8. The molecule has 0 saturated heterocycles. The molecule has 170 valence electrons. The molecule has 0 aliphatic carbocycles. The Kier molecular flexibility index (Phi) is 5.80. The third-order valence-electron chi connectivity index (χ3n) is 5.81. The second-order valence-electron chi connectivity index (χ2n) is 8.03. The maximum Gasteiger partial charge on any atom is 0.314 e. The third-order valence-corrected chi connectivity index (χ3v) is 6.20. The van der Waals surface area contributed by atoms with Crippen molar-refractivity contribution in [2.45, 2.75) is 12.8 Å². The molecule has 0 spiro atoms. The van der Waals surface area contributed by atoms with Crippen LogP contribution in [0.1, 0.15) is 11.1 Å². The average Bonchev–Trinajstić information content (AvgIpc) is 2.87. The number of nitrogens with zero attached hydrogens (tertiary/aromatic N) is 2. The molecular weight excluding hydrogens is 454 g/mol. The minimum atomic E-state index is -3.18. The number of aliphatic imine (C=N–C) groups is 1. The number of hydrogen-bond acceptors (Lipinski definition) is 3. The summed E-state index contributed by atoms with van der Waals surface area (Å²) in [4.78, 5) is 6.04. The van der Waals surface area contributed by atoms with Crippen molar-refractivity contribution in [2.75, 3.05) is 11.6 Å². The Balaban J connectivity index is 1.51. The van der Waals surface area contributed by atoms with Crippen LogP contribution in [0.2, 0.25) is 5.02 Å². The molecule has 6 heteroatoms. The van der Waals surface area contributed by atoms with Crippen molar-refractivity contribution in [1.82, 2.24) is 0 Å². The molecule has 4 aromatic carbocycles. The van der Waals surface area contributed by atoms with E-state index in [1.807, 2.05) is 66.4 Å². The minimum absolute atomic E-state index is 0.0453. The predicted octanol–water partition coefficient (Wildman–Crippen LogP) is 8.12. The summed E-state index contributed by atoms with van der Waals surface area (Å²) in [5.41, 5.74) is 1.39. The van der Waals surface area contributed by atoms with Gasteiger partial charge in [0.2, 0.25) is 0 Å². The molecule has 4 aromatic rings. The van der Waals surface area contributed by atoms with E-state index in [9.17, 15) is 8.78 Å².